The quantitative estimate of drug-likeness (QED) is 0.736. The third-order valence-electron chi connectivity index (χ3n) is 3.97. The molecule has 2 unspecified atom stereocenters. The predicted octanol–water partition coefficient (Wildman–Crippen LogP) is 3.32. The molecule has 1 aliphatic heterocycles. The average Bonchev–Trinajstić information content (AvgIpc) is 2.25. The lowest BCUT2D eigenvalue weighted by atomic mass is 10.2. The molecule has 20 heavy (non-hydrogen) atoms. The van der Waals surface area contributed by atoms with Gasteiger partial charge in [-0.1, -0.05) is 0 Å². The molecule has 2 N–H and O–H groups in total. The average molecular weight is 323 g/mol. The molecule has 4 nitrogen and oxygen atoms in total. The van der Waals surface area contributed by atoms with Crippen LogP contribution in [0.25, 0.3) is 0 Å². The van der Waals surface area contributed by atoms with Gasteiger partial charge in [-0.2, -0.15) is 0 Å². The third kappa shape index (κ3) is 3.54. The molecule has 0 aromatic rings. The summed E-state index contributed by atoms with van der Waals surface area (Å²) in [5.41, 5.74) is -0.0694. The van der Waals surface area contributed by atoms with E-state index in [0.717, 1.165) is 0 Å². The summed E-state index contributed by atoms with van der Waals surface area (Å²) in [5, 5.41) is 0. The van der Waals surface area contributed by atoms with Crippen LogP contribution in [0.4, 0.5) is 0 Å². The minimum atomic E-state index is -2.90. The summed E-state index contributed by atoms with van der Waals surface area (Å²) in [6.07, 6.45) is 0. The molecule has 0 radical (unpaired) electrons. The van der Waals surface area contributed by atoms with Gasteiger partial charge in [0.1, 0.15) is 0 Å². The Labute approximate surface area is 127 Å². The molecule has 1 rings (SSSR count). The van der Waals surface area contributed by atoms with Gasteiger partial charge in [-0.15, -0.1) is 0 Å². The first kappa shape index (κ1) is 18.7. The molecular weight excluding hydrogens is 290 g/mol. The SMILES string of the molecule is CC(C)N(C(C)C)C1PC(N(C(C)C)C(C)C)[P+]1(O)O. The molecule has 0 spiro atoms. The molecule has 0 amide bonds. The van der Waals surface area contributed by atoms with Gasteiger partial charge in [0.15, 0.2) is 11.0 Å². The highest BCUT2D eigenvalue weighted by Crippen LogP contribution is 2.81. The molecule has 120 valence electrons. The zero-order valence-corrected chi connectivity index (χ0v) is 16.1. The van der Waals surface area contributed by atoms with Crippen molar-refractivity contribution >= 4 is 16.3 Å². The number of rotatable bonds is 6. The van der Waals surface area contributed by atoms with Crippen molar-refractivity contribution in [3.05, 3.63) is 0 Å². The Bertz CT molecular complexity index is 278. The molecule has 0 aliphatic carbocycles. The van der Waals surface area contributed by atoms with Crippen molar-refractivity contribution in [2.24, 2.45) is 0 Å². The Balaban J connectivity index is 2.90. The van der Waals surface area contributed by atoms with Crippen LogP contribution in [0.2, 0.25) is 0 Å². The maximum atomic E-state index is 10.8. The van der Waals surface area contributed by atoms with E-state index >= 15 is 0 Å². The van der Waals surface area contributed by atoms with Gasteiger partial charge in [-0.05, 0) is 55.4 Å². The van der Waals surface area contributed by atoms with Gasteiger partial charge in [0, 0.05) is 32.7 Å². The van der Waals surface area contributed by atoms with E-state index in [4.69, 9.17) is 0 Å². The predicted molar refractivity (Wildman–Crippen MR) is 91.5 cm³/mol. The molecule has 1 saturated heterocycles. The van der Waals surface area contributed by atoms with Gasteiger partial charge in [-0.3, -0.25) is 9.80 Å². The van der Waals surface area contributed by atoms with Crippen LogP contribution < -0.4 is 0 Å². The van der Waals surface area contributed by atoms with Crippen LogP contribution in [-0.4, -0.2) is 54.8 Å². The van der Waals surface area contributed by atoms with Gasteiger partial charge in [0.05, 0.1) is 0 Å². The van der Waals surface area contributed by atoms with E-state index in [1.807, 2.05) is 0 Å². The first-order valence-electron chi connectivity index (χ1n) is 7.66. The lowest BCUT2D eigenvalue weighted by molar-refractivity contribution is 0.137. The molecule has 0 aromatic carbocycles. The lowest BCUT2D eigenvalue weighted by Crippen LogP contribution is -2.56. The van der Waals surface area contributed by atoms with Crippen LogP contribution in [0.5, 0.6) is 0 Å². The van der Waals surface area contributed by atoms with Crippen molar-refractivity contribution in [3.63, 3.8) is 0 Å². The Hall–Kier alpha value is 0.700. The minimum Gasteiger partial charge on any atom is -0.256 e. The van der Waals surface area contributed by atoms with Crippen LogP contribution >= 0.6 is 16.3 Å². The molecule has 2 atom stereocenters. The topological polar surface area (TPSA) is 46.9 Å². The van der Waals surface area contributed by atoms with Crippen LogP contribution in [0, 0.1) is 0 Å². The Morgan fingerprint density at radius 3 is 1.10 bits per heavy atom. The summed E-state index contributed by atoms with van der Waals surface area (Å²) in [4.78, 5) is 26.1. The van der Waals surface area contributed by atoms with Crippen LogP contribution in [0.1, 0.15) is 55.4 Å². The second-order valence-electron chi connectivity index (χ2n) is 6.88. The second kappa shape index (κ2) is 6.86. The molecule has 0 bridgehead atoms. The molecule has 1 aliphatic rings. The normalized spacial score (nSPS) is 27.6. The summed E-state index contributed by atoms with van der Waals surface area (Å²) >= 11 is 0. The zero-order chi connectivity index (χ0) is 15.8. The molecular formula is C14H33N2O2P2+. The number of hydrogen-bond acceptors (Lipinski definition) is 4. The maximum absolute atomic E-state index is 10.8. The zero-order valence-electron chi connectivity index (χ0n) is 14.2. The third-order valence-corrected chi connectivity index (χ3v) is 10.3. The smallest absolute Gasteiger partial charge is 0.256 e. The second-order valence-corrected chi connectivity index (χ2v) is 11.7. The fourth-order valence-electron chi connectivity index (χ4n) is 3.29. The van der Waals surface area contributed by atoms with Crippen molar-refractivity contribution in [1.29, 1.82) is 0 Å². The maximum Gasteiger partial charge on any atom is 0.310 e. The van der Waals surface area contributed by atoms with E-state index in [1.54, 1.807) is 0 Å². The fourth-order valence-corrected chi connectivity index (χ4v) is 9.54. The standard InChI is InChI=1S/C14H33N2O2P2/c1-9(2)15(10(3)4)13-19-14(20(13,17)18)16(11(5)6)12(7)8/h9-14,17-19H,1-8H3/q+1. The molecule has 1 fully saturated rings. The van der Waals surface area contributed by atoms with Crippen molar-refractivity contribution in [2.45, 2.75) is 90.6 Å². The molecule has 0 aromatic heterocycles. The van der Waals surface area contributed by atoms with Crippen molar-refractivity contribution in [3.8, 4) is 0 Å². The van der Waals surface area contributed by atoms with Crippen molar-refractivity contribution < 1.29 is 9.79 Å². The fraction of sp³-hybridized carbons (Fsp3) is 1.00. The van der Waals surface area contributed by atoms with Crippen molar-refractivity contribution in [2.75, 3.05) is 0 Å². The van der Waals surface area contributed by atoms with Crippen molar-refractivity contribution in [1.82, 2.24) is 9.80 Å². The van der Waals surface area contributed by atoms with Crippen LogP contribution in [0.15, 0.2) is 0 Å². The van der Waals surface area contributed by atoms with Crippen LogP contribution in [0.3, 0.4) is 0 Å². The summed E-state index contributed by atoms with van der Waals surface area (Å²) < 4.78 is 0. The first-order valence-corrected chi connectivity index (χ1v) is 10.6. The largest absolute Gasteiger partial charge is 0.310 e. The Morgan fingerprint density at radius 2 is 0.950 bits per heavy atom. The van der Waals surface area contributed by atoms with E-state index in [2.05, 4.69) is 65.2 Å². The van der Waals surface area contributed by atoms with Gasteiger partial charge in [0.2, 0.25) is 0 Å². The van der Waals surface area contributed by atoms with Gasteiger partial charge < -0.3 is 0 Å². The van der Waals surface area contributed by atoms with E-state index < -0.39 is 7.72 Å². The highest BCUT2D eigenvalue weighted by atomic mass is 31.3. The summed E-state index contributed by atoms with van der Waals surface area (Å²) in [7, 11) is -2.31. The highest BCUT2D eigenvalue weighted by Gasteiger charge is 2.68. The van der Waals surface area contributed by atoms with Gasteiger partial charge >= 0.3 is 7.72 Å². The van der Waals surface area contributed by atoms with E-state index in [0.29, 0.717) is 32.7 Å². The monoisotopic (exact) mass is 323 g/mol. The Morgan fingerprint density at radius 1 is 0.700 bits per heavy atom. The van der Waals surface area contributed by atoms with E-state index in [-0.39, 0.29) is 11.0 Å². The van der Waals surface area contributed by atoms with Gasteiger partial charge in [-0.25, -0.2) is 9.79 Å². The molecule has 1 heterocycles. The molecule has 0 saturated carbocycles. The van der Waals surface area contributed by atoms with E-state index in [9.17, 15) is 9.79 Å². The summed E-state index contributed by atoms with van der Waals surface area (Å²) in [5.74, 6) is 0. The number of nitrogens with zero attached hydrogens (tertiary/aromatic N) is 2. The van der Waals surface area contributed by atoms with Crippen LogP contribution in [-0.2, 0) is 0 Å². The summed E-state index contributed by atoms with van der Waals surface area (Å²) in [6.45, 7) is 17.1. The van der Waals surface area contributed by atoms with Gasteiger partial charge in [0.25, 0.3) is 0 Å². The minimum absolute atomic E-state index is 0.0347. The summed E-state index contributed by atoms with van der Waals surface area (Å²) in [6, 6.07) is 1.38. The molecule has 6 heteroatoms. The first-order chi connectivity index (χ1) is 9.01. The van der Waals surface area contributed by atoms with E-state index in [1.165, 1.54) is 0 Å². The lowest BCUT2D eigenvalue weighted by Gasteiger charge is -2.52. The Kier molecular flexibility index (Phi) is 6.43. The highest BCUT2D eigenvalue weighted by molar-refractivity contribution is 7.89. The number of hydrogen-bond donors (Lipinski definition) is 2.